The minimum absolute atomic E-state index is 0.123. The van der Waals surface area contributed by atoms with Gasteiger partial charge in [-0.05, 0) is 53.4 Å². The van der Waals surface area contributed by atoms with E-state index in [2.05, 4.69) is 20.9 Å². The van der Waals surface area contributed by atoms with Gasteiger partial charge in [0.05, 0.1) is 10.8 Å². The molecular formula is C13H13BrFNO2S. The number of hydrogen-bond acceptors (Lipinski definition) is 2. The fraction of sp³-hybridized carbons (Fsp3) is 0.385. The van der Waals surface area contributed by atoms with E-state index < -0.39 is 15.7 Å². The van der Waals surface area contributed by atoms with Crippen molar-refractivity contribution < 1.29 is 12.8 Å². The zero-order valence-corrected chi connectivity index (χ0v) is 12.7. The van der Waals surface area contributed by atoms with Crippen molar-refractivity contribution in [3.8, 4) is 0 Å². The van der Waals surface area contributed by atoms with Gasteiger partial charge in [0.1, 0.15) is 10.8 Å². The number of benzene rings is 1. The van der Waals surface area contributed by atoms with Crippen molar-refractivity contribution in [3.05, 3.63) is 28.0 Å². The molecule has 0 aliphatic heterocycles. The van der Waals surface area contributed by atoms with E-state index in [1.54, 1.807) is 6.92 Å². The molecule has 0 unspecified atom stereocenters. The van der Waals surface area contributed by atoms with E-state index >= 15 is 0 Å². The molecule has 0 spiro atoms. The van der Waals surface area contributed by atoms with Gasteiger partial charge >= 0.3 is 0 Å². The third-order valence-electron chi connectivity index (χ3n) is 3.76. The summed E-state index contributed by atoms with van der Waals surface area (Å²) in [6, 6.07) is 2.92. The van der Waals surface area contributed by atoms with Crippen LogP contribution in [0.5, 0.6) is 0 Å². The number of nitrogens with one attached hydrogen (secondary N) is 1. The maximum Gasteiger partial charge on any atom is 0.196 e. The topological polar surface area (TPSA) is 49.9 Å². The molecule has 1 aromatic heterocycles. The van der Waals surface area contributed by atoms with Crippen molar-refractivity contribution in [2.75, 3.05) is 0 Å². The zero-order valence-electron chi connectivity index (χ0n) is 10.3. The number of hydrogen-bond donors (Lipinski definition) is 1. The number of H-pyrrole nitrogens is 1. The van der Waals surface area contributed by atoms with Gasteiger partial charge in [-0.1, -0.05) is 6.42 Å². The molecule has 102 valence electrons. The predicted molar refractivity (Wildman–Crippen MR) is 75.5 cm³/mol. The van der Waals surface area contributed by atoms with Crippen LogP contribution in [0, 0.1) is 12.7 Å². The van der Waals surface area contributed by atoms with Gasteiger partial charge in [-0.25, -0.2) is 12.8 Å². The van der Waals surface area contributed by atoms with Crippen molar-refractivity contribution in [1.29, 1.82) is 0 Å². The zero-order chi connectivity index (χ0) is 13.8. The Bertz CT molecular complexity index is 763. The average molecular weight is 346 g/mol. The van der Waals surface area contributed by atoms with E-state index in [0.717, 1.165) is 16.5 Å². The molecule has 1 heterocycles. The van der Waals surface area contributed by atoms with Gasteiger partial charge in [-0.3, -0.25) is 0 Å². The van der Waals surface area contributed by atoms with Gasteiger partial charge in [0, 0.05) is 9.86 Å². The number of rotatable bonds is 2. The van der Waals surface area contributed by atoms with Gasteiger partial charge in [0.2, 0.25) is 0 Å². The molecule has 1 N–H and O–H groups in total. The molecule has 3 rings (SSSR count). The number of aryl methyl sites for hydroxylation is 1. The van der Waals surface area contributed by atoms with Crippen LogP contribution in [0.15, 0.2) is 21.6 Å². The van der Waals surface area contributed by atoms with Crippen molar-refractivity contribution >= 4 is 36.7 Å². The van der Waals surface area contributed by atoms with Crippen LogP contribution in [-0.4, -0.2) is 18.7 Å². The fourth-order valence-corrected chi connectivity index (χ4v) is 4.61. The normalized spacial score (nSPS) is 16.8. The molecule has 1 aliphatic carbocycles. The third-order valence-corrected chi connectivity index (χ3v) is 6.99. The summed E-state index contributed by atoms with van der Waals surface area (Å²) in [5, 5.41) is 0.385. The molecular weight excluding hydrogens is 333 g/mol. The molecule has 0 saturated heterocycles. The van der Waals surface area contributed by atoms with E-state index in [1.807, 2.05) is 0 Å². The Labute approximate surface area is 119 Å². The van der Waals surface area contributed by atoms with Crippen LogP contribution in [0.1, 0.15) is 24.8 Å². The molecule has 1 saturated carbocycles. The standard InChI is InChI=1S/C13H13BrFNO2S/c1-7-5-10(15)13-9(12(7)14)6-11(16-13)19(17,18)8-3-2-4-8/h5-6,8,16H,2-4H2,1H3. The molecule has 0 amide bonds. The Kier molecular flexibility index (Phi) is 2.98. The van der Waals surface area contributed by atoms with Gasteiger partial charge < -0.3 is 4.98 Å². The van der Waals surface area contributed by atoms with E-state index in [-0.39, 0.29) is 15.8 Å². The highest BCUT2D eigenvalue weighted by molar-refractivity contribution is 9.10. The molecule has 1 fully saturated rings. The summed E-state index contributed by atoms with van der Waals surface area (Å²) in [5.41, 5.74) is 0.993. The molecule has 6 heteroatoms. The fourth-order valence-electron chi connectivity index (χ4n) is 2.34. The maximum atomic E-state index is 13.9. The maximum absolute atomic E-state index is 13.9. The average Bonchev–Trinajstić information content (AvgIpc) is 2.68. The summed E-state index contributed by atoms with van der Waals surface area (Å²) in [4.78, 5) is 2.73. The first-order valence-corrected chi connectivity index (χ1v) is 8.46. The lowest BCUT2D eigenvalue weighted by atomic mass is 10.0. The Balaban J connectivity index is 2.22. The number of aromatic amines is 1. The third kappa shape index (κ3) is 1.92. The van der Waals surface area contributed by atoms with Crippen LogP contribution in [0.25, 0.3) is 10.9 Å². The van der Waals surface area contributed by atoms with Crippen molar-refractivity contribution in [1.82, 2.24) is 4.98 Å². The van der Waals surface area contributed by atoms with E-state index in [0.29, 0.717) is 18.2 Å². The van der Waals surface area contributed by atoms with Gasteiger partial charge in [-0.15, -0.1) is 0 Å². The SMILES string of the molecule is Cc1cc(F)c2[nH]c(S(=O)(=O)C3CCC3)cc2c1Br. The lowest BCUT2D eigenvalue weighted by Gasteiger charge is -2.24. The molecule has 0 bridgehead atoms. The predicted octanol–water partition coefficient (Wildman–Crippen LogP) is 3.70. The Hall–Kier alpha value is -0.880. The summed E-state index contributed by atoms with van der Waals surface area (Å²) in [7, 11) is -3.35. The first-order chi connectivity index (χ1) is 8.91. The van der Waals surface area contributed by atoms with Gasteiger partial charge in [0.25, 0.3) is 0 Å². The molecule has 0 atom stereocenters. The Morgan fingerprint density at radius 2 is 2.05 bits per heavy atom. The van der Waals surface area contributed by atoms with Crippen molar-refractivity contribution in [2.45, 2.75) is 36.5 Å². The highest BCUT2D eigenvalue weighted by atomic mass is 79.9. The van der Waals surface area contributed by atoms with Crippen molar-refractivity contribution in [3.63, 3.8) is 0 Å². The molecule has 0 radical (unpaired) electrons. The smallest absolute Gasteiger partial charge is 0.196 e. The van der Waals surface area contributed by atoms with Crippen LogP contribution < -0.4 is 0 Å². The van der Waals surface area contributed by atoms with Crippen molar-refractivity contribution in [2.24, 2.45) is 0 Å². The second-order valence-electron chi connectivity index (χ2n) is 5.01. The minimum Gasteiger partial charge on any atom is -0.343 e. The summed E-state index contributed by atoms with van der Waals surface area (Å²) >= 11 is 3.38. The highest BCUT2D eigenvalue weighted by Gasteiger charge is 2.34. The number of aromatic nitrogens is 1. The van der Waals surface area contributed by atoms with E-state index in [9.17, 15) is 12.8 Å². The highest BCUT2D eigenvalue weighted by Crippen LogP contribution is 2.35. The van der Waals surface area contributed by atoms with E-state index in [4.69, 9.17) is 0 Å². The second-order valence-corrected chi connectivity index (χ2v) is 8.00. The Morgan fingerprint density at radius 3 is 2.63 bits per heavy atom. The number of halogens is 2. The molecule has 3 nitrogen and oxygen atoms in total. The summed E-state index contributed by atoms with van der Waals surface area (Å²) in [6.45, 7) is 1.78. The summed E-state index contributed by atoms with van der Waals surface area (Å²) < 4.78 is 39.3. The number of fused-ring (bicyclic) bond motifs is 1. The molecule has 19 heavy (non-hydrogen) atoms. The Morgan fingerprint density at radius 1 is 1.37 bits per heavy atom. The first-order valence-electron chi connectivity index (χ1n) is 6.12. The number of sulfone groups is 1. The largest absolute Gasteiger partial charge is 0.343 e. The van der Waals surface area contributed by atoms with Crippen LogP contribution in [0.2, 0.25) is 0 Å². The summed E-state index contributed by atoms with van der Waals surface area (Å²) in [5.74, 6) is -0.425. The molecule has 1 aliphatic rings. The summed E-state index contributed by atoms with van der Waals surface area (Å²) in [6.07, 6.45) is 2.34. The lowest BCUT2D eigenvalue weighted by molar-refractivity contribution is 0.475. The quantitative estimate of drug-likeness (QED) is 0.901. The first kappa shape index (κ1) is 13.1. The minimum atomic E-state index is -3.35. The van der Waals surface area contributed by atoms with Crippen LogP contribution >= 0.6 is 15.9 Å². The van der Waals surface area contributed by atoms with Crippen LogP contribution in [-0.2, 0) is 9.84 Å². The van der Waals surface area contributed by atoms with Crippen LogP contribution in [0.4, 0.5) is 4.39 Å². The monoisotopic (exact) mass is 345 g/mol. The van der Waals surface area contributed by atoms with Gasteiger partial charge in [0.15, 0.2) is 9.84 Å². The van der Waals surface area contributed by atoms with Crippen LogP contribution in [0.3, 0.4) is 0 Å². The van der Waals surface area contributed by atoms with E-state index in [1.165, 1.54) is 12.1 Å². The molecule has 1 aromatic carbocycles. The van der Waals surface area contributed by atoms with Gasteiger partial charge in [-0.2, -0.15) is 0 Å². The lowest BCUT2D eigenvalue weighted by Crippen LogP contribution is -2.28. The second kappa shape index (κ2) is 4.31. The molecule has 2 aromatic rings.